The van der Waals surface area contributed by atoms with Crippen molar-refractivity contribution < 1.29 is 9.53 Å². The predicted molar refractivity (Wildman–Crippen MR) is 63.7 cm³/mol. The van der Waals surface area contributed by atoms with Crippen LogP contribution in [-0.2, 0) is 4.74 Å². The van der Waals surface area contributed by atoms with Gasteiger partial charge in [0.2, 0.25) is 0 Å². The number of amides is 1. The van der Waals surface area contributed by atoms with Crippen molar-refractivity contribution in [3.8, 4) is 0 Å². The summed E-state index contributed by atoms with van der Waals surface area (Å²) in [5, 5.41) is 3.19. The van der Waals surface area contributed by atoms with Crippen molar-refractivity contribution in [1.82, 2.24) is 10.2 Å². The highest BCUT2D eigenvalue weighted by Crippen LogP contribution is 1.98. The second-order valence-corrected chi connectivity index (χ2v) is 3.69. The van der Waals surface area contributed by atoms with Gasteiger partial charge in [0.25, 0.3) is 0 Å². The third-order valence-electron chi connectivity index (χ3n) is 2.04. The molecule has 6 heteroatoms. The highest BCUT2D eigenvalue weighted by Gasteiger charge is 2.12. The fourth-order valence-corrected chi connectivity index (χ4v) is 1.37. The van der Waals surface area contributed by atoms with Gasteiger partial charge >= 0.3 is 6.09 Å². The van der Waals surface area contributed by atoms with Crippen LogP contribution in [0.5, 0.6) is 0 Å². The number of nitrogens with zero attached hydrogens (tertiary/aromatic N) is 1. The maximum Gasteiger partial charge on any atom is 0.409 e. The van der Waals surface area contributed by atoms with Gasteiger partial charge in [0.05, 0.1) is 7.11 Å². The summed E-state index contributed by atoms with van der Waals surface area (Å²) in [6, 6.07) is 0.154. The van der Waals surface area contributed by atoms with E-state index in [-0.39, 0.29) is 17.2 Å². The number of nitrogens with one attached hydrogen (secondary N) is 1. The Kier molecular flexibility index (Phi) is 6.77. The molecule has 0 aliphatic heterocycles. The minimum Gasteiger partial charge on any atom is -0.453 e. The topological polar surface area (TPSA) is 67.6 Å². The molecule has 0 aromatic rings. The molecule has 0 saturated heterocycles. The molecule has 0 aromatic heterocycles. The van der Waals surface area contributed by atoms with Crippen molar-refractivity contribution in [2.75, 3.05) is 20.2 Å². The van der Waals surface area contributed by atoms with Crippen LogP contribution in [0.2, 0.25) is 0 Å². The standard InChI is InChI=1S/C9H19N3O2S/c1-4-12(9(13)14-3)6-5-7(2)11-8(10)15/h7H,4-6H2,1-3H3,(H3,10,11,15). The molecule has 0 spiro atoms. The van der Waals surface area contributed by atoms with E-state index in [1.807, 2.05) is 13.8 Å². The van der Waals surface area contributed by atoms with Gasteiger partial charge in [-0.25, -0.2) is 4.79 Å². The zero-order chi connectivity index (χ0) is 11.8. The van der Waals surface area contributed by atoms with E-state index < -0.39 is 0 Å². The van der Waals surface area contributed by atoms with Crippen LogP contribution < -0.4 is 11.1 Å². The van der Waals surface area contributed by atoms with Crippen LogP contribution in [0.4, 0.5) is 4.79 Å². The van der Waals surface area contributed by atoms with Crippen molar-refractivity contribution in [1.29, 1.82) is 0 Å². The highest BCUT2D eigenvalue weighted by atomic mass is 32.1. The summed E-state index contributed by atoms with van der Waals surface area (Å²) < 4.78 is 4.63. The molecule has 0 fully saturated rings. The van der Waals surface area contributed by atoms with E-state index in [4.69, 9.17) is 18.0 Å². The van der Waals surface area contributed by atoms with Crippen LogP contribution >= 0.6 is 12.2 Å². The number of rotatable bonds is 5. The third-order valence-corrected chi connectivity index (χ3v) is 2.15. The number of nitrogens with two attached hydrogens (primary N) is 1. The van der Waals surface area contributed by atoms with E-state index in [2.05, 4.69) is 10.1 Å². The molecule has 3 N–H and O–H groups in total. The average molecular weight is 233 g/mol. The maximum atomic E-state index is 11.2. The molecule has 1 unspecified atom stereocenters. The van der Waals surface area contributed by atoms with Gasteiger partial charge in [0.1, 0.15) is 0 Å². The lowest BCUT2D eigenvalue weighted by Gasteiger charge is -2.21. The van der Waals surface area contributed by atoms with Crippen molar-refractivity contribution in [2.24, 2.45) is 5.73 Å². The van der Waals surface area contributed by atoms with Crippen LogP contribution in [0.1, 0.15) is 20.3 Å². The maximum absolute atomic E-state index is 11.2. The molecule has 0 radical (unpaired) electrons. The lowest BCUT2D eigenvalue weighted by molar-refractivity contribution is 0.124. The lowest BCUT2D eigenvalue weighted by atomic mass is 10.2. The number of methoxy groups -OCH3 is 1. The zero-order valence-corrected chi connectivity index (χ0v) is 10.3. The highest BCUT2D eigenvalue weighted by molar-refractivity contribution is 7.80. The first-order chi connectivity index (χ1) is 7.01. The third kappa shape index (κ3) is 6.11. The number of hydrogen-bond acceptors (Lipinski definition) is 3. The fourth-order valence-electron chi connectivity index (χ4n) is 1.17. The normalized spacial score (nSPS) is 11.7. The first-order valence-electron chi connectivity index (χ1n) is 4.90. The second kappa shape index (κ2) is 7.28. The molecule has 15 heavy (non-hydrogen) atoms. The van der Waals surface area contributed by atoms with Crippen LogP contribution in [0.3, 0.4) is 0 Å². The second-order valence-electron chi connectivity index (χ2n) is 3.25. The van der Waals surface area contributed by atoms with Gasteiger partial charge in [0, 0.05) is 19.1 Å². The summed E-state index contributed by atoms with van der Waals surface area (Å²) in [6.45, 7) is 5.12. The van der Waals surface area contributed by atoms with E-state index in [0.717, 1.165) is 6.42 Å². The number of carbonyl (C=O) groups excluding carboxylic acids is 1. The Morgan fingerprint density at radius 2 is 2.27 bits per heavy atom. The molecule has 88 valence electrons. The van der Waals surface area contributed by atoms with Crippen molar-refractivity contribution >= 4 is 23.4 Å². The summed E-state index contributed by atoms with van der Waals surface area (Å²) in [5.41, 5.74) is 5.33. The quantitative estimate of drug-likeness (QED) is 0.684. The molecular weight excluding hydrogens is 214 g/mol. The monoisotopic (exact) mass is 233 g/mol. The van der Waals surface area contributed by atoms with Gasteiger partial charge < -0.3 is 20.7 Å². The van der Waals surface area contributed by atoms with Crippen LogP contribution in [0, 0.1) is 0 Å². The van der Waals surface area contributed by atoms with Crippen molar-refractivity contribution in [2.45, 2.75) is 26.3 Å². The summed E-state index contributed by atoms with van der Waals surface area (Å²) in [5.74, 6) is 0. The molecular formula is C9H19N3O2S. The molecule has 0 rings (SSSR count). The summed E-state index contributed by atoms with van der Waals surface area (Å²) in [6.07, 6.45) is 0.473. The smallest absolute Gasteiger partial charge is 0.409 e. The number of thiocarbonyl (C=S) groups is 1. The Balaban J connectivity index is 3.89. The van der Waals surface area contributed by atoms with Crippen LogP contribution in [0.15, 0.2) is 0 Å². The Morgan fingerprint density at radius 3 is 2.67 bits per heavy atom. The molecule has 1 atom stereocenters. The molecule has 0 heterocycles. The van der Waals surface area contributed by atoms with E-state index in [0.29, 0.717) is 13.1 Å². The predicted octanol–water partition coefficient (Wildman–Crippen LogP) is 0.687. The van der Waals surface area contributed by atoms with Gasteiger partial charge in [-0.15, -0.1) is 0 Å². The first-order valence-corrected chi connectivity index (χ1v) is 5.30. The van der Waals surface area contributed by atoms with E-state index in [1.54, 1.807) is 4.90 Å². The first kappa shape index (κ1) is 14.0. The van der Waals surface area contributed by atoms with Gasteiger partial charge in [-0.3, -0.25) is 0 Å². The average Bonchev–Trinajstić information content (AvgIpc) is 2.17. The minimum absolute atomic E-state index is 0.154. The summed E-state index contributed by atoms with van der Waals surface area (Å²) >= 11 is 4.72. The van der Waals surface area contributed by atoms with Crippen LogP contribution in [0.25, 0.3) is 0 Å². The minimum atomic E-state index is -0.306. The van der Waals surface area contributed by atoms with E-state index >= 15 is 0 Å². The van der Waals surface area contributed by atoms with Gasteiger partial charge in [-0.2, -0.15) is 0 Å². The lowest BCUT2D eigenvalue weighted by Crippen LogP contribution is -2.40. The van der Waals surface area contributed by atoms with Crippen LogP contribution in [-0.4, -0.2) is 42.3 Å². The fraction of sp³-hybridized carbons (Fsp3) is 0.778. The van der Waals surface area contributed by atoms with Gasteiger partial charge in [-0.05, 0) is 32.5 Å². The molecule has 0 aliphatic carbocycles. The Morgan fingerprint density at radius 1 is 1.67 bits per heavy atom. The number of hydrogen-bond donors (Lipinski definition) is 2. The van der Waals surface area contributed by atoms with E-state index in [9.17, 15) is 4.79 Å². The SMILES string of the molecule is CCN(CCC(C)NC(N)=S)C(=O)OC. The van der Waals surface area contributed by atoms with Gasteiger partial charge in [0.15, 0.2) is 5.11 Å². The Hall–Kier alpha value is -1.04. The largest absolute Gasteiger partial charge is 0.453 e. The molecule has 1 amide bonds. The van der Waals surface area contributed by atoms with Crippen molar-refractivity contribution in [3.63, 3.8) is 0 Å². The van der Waals surface area contributed by atoms with E-state index in [1.165, 1.54) is 7.11 Å². The number of carbonyl (C=O) groups is 1. The molecule has 5 nitrogen and oxygen atoms in total. The van der Waals surface area contributed by atoms with Gasteiger partial charge in [-0.1, -0.05) is 0 Å². The zero-order valence-electron chi connectivity index (χ0n) is 9.45. The molecule has 0 saturated carbocycles. The molecule has 0 bridgehead atoms. The van der Waals surface area contributed by atoms with Crippen molar-refractivity contribution in [3.05, 3.63) is 0 Å². The molecule has 0 aromatic carbocycles. The Bertz CT molecular complexity index is 223. The molecule has 0 aliphatic rings. The number of ether oxygens (including phenoxy) is 1. The summed E-state index contributed by atoms with van der Waals surface area (Å²) in [4.78, 5) is 12.8. The Labute approximate surface area is 95.9 Å². The summed E-state index contributed by atoms with van der Waals surface area (Å²) in [7, 11) is 1.38.